The Balaban J connectivity index is 2.47. The first-order valence-corrected chi connectivity index (χ1v) is 5.37. The van der Waals surface area contributed by atoms with Gasteiger partial charge in [0.2, 0.25) is 0 Å². The largest absolute Gasteiger partial charge is 0.396 e. The quantitative estimate of drug-likeness (QED) is 0.789. The molecule has 3 atom stereocenters. The summed E-state index contributed by atoms with van der Waals surface area (Å²) < 4.78 is 19.2. The number of halogens is 1. The summed E-state index contributed by atoms with van der Waals surface area (Å²) >= 11 is 0. The maximum Gasteiger partial charge on any atom is 0.128 e. The number of benzene rings is 1. The molecule has 0 amide bonds. The van der Waals surface area contributed by atoms with Crippen molar-refractivity contribution in [1.82, 2.24) is 0 Å². The summed E-state index contributed by atoms with van der Waals surface area (Å²) in [6, 6.07) is 6.40. The zero-order chi connectivity index (χ0) is 11.8. The van der Waals surface area contributed by atoms with Crippen molar-refractivity contribution in [3.8, 4) is 0 Å². The fourth-order valence-corrected chi connectivity index (χ4v) is 2.32. The van der Waals surface area contributed by atoms with Gasteiger partial charge in [0.25, 0.3) is 0 Å². The molecule has 0 bridgehead atoms. The predicted molar refractivity (Wildman–Crippen MR) is 58.3 cm³/mol. The van der Waals surface area contributed by atoms with E-state index in [4.69, 9.17) is 10.5 Å². The van der Waals surface area contributed by atoms with Gasteiger partial charge < -0.3 is 15.6 Å². The van der Waals surface area contributed by atoms with Crippen molar-refractivity contribution in [3.05, 3.63) is 35.6 Å². The Labute approximate surface area is 94.0 Å². The van der Waals surface area contributed by atoms with Gasteiger partial charge >= 0.3 is 0 Å². The van der Waals surface area contributed by atoms with Gasteiger partial charge in [-0.3, -0.25) is 0 Å². The fraction of sp³-hybridized carbons (Fsp3) is 0.500. The topological polar surface area (TPSA) is 55.5 Å². The van der Waals surface area contributed by atoms with E-state index in [1.165, 1.54) is 6.07 Å². The minimum atomic E-state index is -0.944. The highest BCUT2D eigenvalue weighted by atomic mass is 19.1. The predicted octanol–water partition coefficient (Wildman–Crippen LogP) is 1.01. The molecule has 16 heavy (non-hydrogen) atoms. The number of rotatable bonds is 2. The lowest BCUT2D eigenvalue weighted by Gasteiger charge is -2.33. The van der Waals surface area contributed by atoms with Gasteiger partial charge in [-0.2, -0.15) is 0 Å². The molecule has 0 spiro atoms. The minimum absolute atomic E-state index is 0.102. The Hall–Kier alpha value is -0.970. The zero-order valence-corrected chi connectivity index (χ0v) is 9.19. The molecule has 3 nitrogen and oxygen atoms in total. The van der Waals surface area contributed by atoms with Crippen LogP contribution in [-0.4, -0.2) is 24.4 Å². The van der Waals surface area contributed by atoms with E-state index >= 15 is 0 Å². The van der Waals surface area contributed by atoms with Crippen LogP contribution in [0.3, 0.4) is 0 Å². The Morgan fingerprint density at radius 3 is 2.88 bits per heavy atom. The van der Waals surface area contributed by atoms with Crippen LogP contribution in [0.4, 0.5) is 4.39 Å². The number of nitrogens with two attached hydrogens (primary N) is 1. The SMILES string of the molecule is C[C@H]1OC[C@@H](CO)[C@]1(N)c1ccccc1F. The molecule has 0 aliphatic carbocycles. The fourth-order valence-electron chi connectivity index (χ4n) is 2.32. The van der Waals surface area contributed by atoms with Crippen molar-refractivity contribution in [2.24, 2.45) is 11.7 Å². The standard InChI is InChI=1S/C12H16FNO2/c1-8-12(14,9(6-15)7-16-8)10-4-2-3-5-11(10)13/h2-5,8-9,15H,6-7,14H2,1H3/t8-,9-,12+/m1/s1. The van der Waals surface area contributed by atoms with E-state index in [-0.39, 0.29) is 24.4 Å². The third-order valence-electron chi connectivity index (χ3n) is 3.46. The second-order valence-electron chi connectivity index (χ2n) is 4.27. The van der Waals surface area contributed by atoms with E-state index in [0.29, 0.717) is 12.2 Å². The summed E-state index contributed by atoms with van der Waals surface area (Å²) in [5.74, 6) is -0.611. The first kappa shape index (κ1) is 11.5. The van der Waals surface area contributed by atoms with Gasteiger partial charge in [0.1, 0.15) is 5.82 Å². The van der Waals surface area contributed by atoms with Crippen LogP contribution in [0.2, 0.25) is 0 Å². The summed E-state index contributed by atoms with van der Waals surface area (Å²) in [5.41, 5.74) is 5.73. The molecule has 0 aromatic heterocycles. The average molecular weight is 225 g/mol. The molecule has 0 radical (unpaired) electrons. The summed E-state index contributed by atoms with van der Waals surface area (Å²) in [7, 11) is 0. The molecule has 1 aromatic rings. The number of hydrogen-bond donors (Lipinski definition) is 2. The molecular weight excluding hydrogens is 209 g/mol. The first-order chi connectivity index (χ1) is 7.60. The molecule has 1 aliphatic heterocycles. The molecule has 88 valence electrons. The zero-order valence-electron chi connectivity index (χ0n) is 9.19. The third kappa shape index (κ3) is 1.54. The Morgan fingerprint density at radius 2 is 2.25 bits per heavy atom. The van der Waals surface area contributed by atoms with Gasteiger partial charge in [-0.1, -0.05) is 18.2 Å². The van der Waals surface area contributed by atoms with Crippen LogP contribution in [0.15, 0.2) is 24.3 Å². The maximum absolute atomic E-state index is 13.8. The van der Waals surface area contributed by atoms with Crippen molar-refractivity contribution in [3.63, 3.8) is 0 Å². The Bertz CT molecular complexity index is 385. The molecule has 1 aliphatic rings. The highest BCUT2D eigenvalue weighted by Crippen LogP contribution is 2.38. The normalized spacial score (nSPS) is 34.2. The molecule has 0 unspecified atom stereocenters. The monoisotopic (exact) mass is 225 g/mol. The van der Waals surface area contributed by atoms with Crippen LogP contribution in [0, 0.1) is 11.7 Å². The summed E-state index contributed by atoms with van der Waals surface area (Å²) in [6.07, 6.45) is -0.304. The van der Waals surface area contributed by atoms with Crippen molar-refractivity contribution in [2.45, 2.75) is 18.6 Å². The molecule has 4 heteroatoms. The van der Waals surface area contributed by atoms with Gasteiger partial charge in [-0.05, 0) is 13.0 Å². The average Bonchev–Trinajstić information content (AvgIpc) is 2.57. The molecule has 1 fully saturated rings. The highest BCUT2D eigenvalue weighted by molar-refractivity contribution is 5.29. The van der Waals surface area contributed by atoms with Crippen molar-refractivity contribution >= 4 is 0 Å². The lowest BCUT2D eigenvalue weighted by atomic mass is 9.77. The van der Waals surface area contributed by atoms with Crippen LogP contribution < -0.4 is 5.73 Å². The number of ether oxygens (including phenoxy) is 1. The molecule has 3 N–H and O–H groups in total. The summed E-state index contributed by atoms with van der Waals surface area (Å²) in [6.45, 7) is 2.07. The van der Waals surface area contributed by atoms with Gasteiger partial charge in [0.15, 0.2) is 0 Å². The third-order valence-corrected chi connectivity index (χ3v) is 3.46. The van der Waals surface area contributed by atoms with Crippen LogP contribution in [0.1, 0.15) is 12.5 Å². The highest BCUT2D eigenvalue weighted by Gasteiger charge is 2.48. The van der Waals surface area contributed by atoms with E-state index in [1.54, 1.807) is 18.2 Å². The molecule has 2 rings (SSSR count). The van der Waals surface area contributed by atoms with Crippen LogP contribution in [0.25, 0.3) is 0 Å². The molecule has 1 aromatic carbocycles. The molecule has 0 saturated carbocycles. The summed E-state index contributed by atoms with van der Waals surface area (Å²) in [5, 5.41) is 9.29. The molecular formula is C12H16FNO2. The first-order valence-electron chi connectivity index (χ1n) is 5.37. The van der Waals surface area contributed by atoms with E-state index in [1.807, 2.05) is 6.92 Å². The maximum atomic E-state index is 13.8. The Morgan fingerprint density at radius 1 is 1.56 bits per heavy atom. The van der Waals surface area contributed by atoms with Crippen molar-refractivity contribution in [2.75, 3.05) is 13.2 Å². The van der Waals surface area contributed by atoms with Gasteiger partial charge in [-0.25, -0.2) is 4.39 Å². The second kappa shape index (κ2) is 4.13. The smallest absolute Gasteiger partial charge is 0.128 e. The molecule has 1 heterocycles. The second-order valence-corrected chi connectivity index (χ2v) is 4.27. The minimum Gasteiger partial charge on any atom is -0.396 e. The van der Waals surface area contributed by atoms with Gasteiger partial charge in [0.05, 0.1) is 24.9 Å². The van der Waals surface area contributed by atoms with Crippen molar-refractivity contribution in [1.29, 1.82) is 0 Å². The lowest BCUT2D eigenvalue weighted by Crippen LogP contribution is -2.50. The van der Waals surface area contributed by atoms with Crippen LogP contribution in [0.5, 0.6) is 0 Å². The number of aliphatic hydroxyl groups is 1. The Kier molecular flexibility index (Phi) is 2.97. The van der Waals surface area contributed by atoms with Crippen molar-refractivity contribution < 1.29 is 14.2 Å². The number of hydrogen-bond acceptors (Lipinski definition) is 3. The van der Waals surface area contributed by atoms with E-state index < -0.39 is 5.54 Å². The molecule has 1 saturated heterocycles. The van der Waals surface area contributed by atoms with Crippen LogP contribution in [-0.2, 0) is 10.3 Å². The van der Waals surface area contributed by atoms with E-state index in [2.05, 4.69) is 0 Å². The lowest BCUT2D eigenvalue weighted by molar-refractivity contribution is 0.0940. The number of aliphatic hydroxyl groups excluding tert-OH is 1. The van der Waals surface area contributed by atoms with Crippen LogP contribution >= 0.6 is 0 Å². The summed E-state index contributed by atoms with van der Waals surface area (Å²) in [4.78, 5) is 0. The van der Waals surface area contributed by atoms with Gasteiger partial charge in [0, 0.05) is 11.5 Å². The van der Waals surface area contributed by atoms with Gasteiger partial charge in [-0.15, -0.1) is 0 Å². The van der Waals surface area contributed by atoms with E-state index in [0.717, 1.165) is 0 Å². The van der Waals surface area contributed by atoms with E-state index in [9.17, 15) is 9.50 Å².